The highest BCUT2D eigenvalue weighted by molar-refractivity contribution is 7.85. The number of carbonyl (C=O) groups is 1. The molecule has 0 aromatic heterocycles. The van der Waals surface area contributed by atoms with E-state index in [1.807, 2.05) is 0 Å². The van der Waals surface area contributed by atoms with E-state index in [2.05, 4.69) is 5.32 Å². The minimum Gasteiger partial charge on any atom is -0.507 e. The number of amides is 1. The van der Waals surface area contributed by atoms with Gasteiger partial charge in [-0.2, -0.15) is 8.42 Å². The summed E-state index contributed by atoms with van der Waals surface area (Å²) in [6.45, 7) is 0. The van der Waals surface area contributed by atoms with E-state index in [4.69, 9.17) is 10.3 Å². The van der Waals surface area contributed by atoms with Crippen molar-refractivity contribution in [2.75, 3.05) is 11.1 Å². The molecular weight excluding hydrogens is 344 g/mol. The Bertz CT molecular complexity index is 1090. The summed E-state index contributed by atoms with van der Waals surface area (Å²) in [7, 11) is -4.46. The Morgan fingerprint density at radius 2 is 1.80 bits per heavy atom. The van der Waals surface area contributed by atoms with Crippen molar-refractivity contribution >= 4 is 38.2 Å². The molecule has 128 valence electrons. The molecule has 25 heavy (non-hydrogen) atoms. The third-order valence-corrected chi connectivity index (χ3v) is 4.44. The Hall–Kier alpha value is -3.10. The Morgan fingerprint density at radius 1 is 1.04 bits per heavy atom. The normalized spacial score (nSPS) is 11.4. The highest BCUT2D eigenvalue weighted by Crippen LogP contribution is 2.30. The van der Waals surface area contributed by atoms with E-state index in [-0.39, 0.29) is 11.7 Å². The molecule has 0 unspecified atom stereocenters. The van der Waals surface area contributed by atoms with Crippen LogP contribution in [0.15, 0.2) is 59.5 Å². The smallest absolute Gasteiger partial charge is 0.294 e. The van der Waals surface area contributed by atoms with Crippen LogP contribution in [-0.2, 0) is 10.1 Å². The van der Waals surface area contributed by atoms with Crippen molar-refractivity contribution in [1.29, 1.82) is 0 Å². The molecule has 5 N–H and O–H groups in total. The van der Waals surface area contributed by atoms with Crippen molar-refractivity contribution in [1.82, 2.24) is 0 Å². The molecule has 0 heterocycles. The summed E-state index contributed by atoms with van der Waals surface area (Å²) in [6.07, 6.45) is 0. The van der Waals surface area contributed by atoms with Gasteiger partial charge in [0.25, 0.3) is 16.0 Å². The van der Waals surface area contributed by atoms with Crippen LogP contribution in [0.1, 0.15) is 10.4 Å². The van der Waals surface area contributed by atoms with E-state index >= 15 is 0 Å². The number of phenolic OH excluding ortho intramolecular Hbond substituents is 1. The topological polar surface area (TPSA) is 130 Å². The van der Waals surface area contributed by atoms with Gasteiger partial charge in [0.2, 0.25) is 0 Å². The molecule has 0 saturated carbocycles. The number of hydrogen-bond acceptors (Lipinski definition) is 5. The van der Waals surface area contributed by atoms with Crippen molar-refractivity contribution in [2.45, 2.75) is 4.90 Å². The Labute approximate surface area is 143 Å². The largest absolute Gasteiger partial charge is 0.507 e. The predicted molar refractivity (Wildman–Crippen MR) is 94.2 cm³/mol. The van der Waals surface area contributed by atoms with Gasteiger partial charge in [0.05, 0.1) is 4.90 Å². The molecule has 0 aliphatic carbocycles. The zero-order valence-electron chi connectivity index (χ0n) is 12.8. The lowest BCUT2D eigenvalue weighted by atomic mass is 10.1. The molecule has 0 atom stereocenters. The fourth-order valence-electron chi connectivity index (χ4n) is 2.43. The fraction of sp³-hybridized carbons (Fsp3) is 0. The first-order chi connectivity index (χ1) is 11.7. The minimum atomic E-state index is -4.46. The fourth-order valence-corrected chi connectivity index (χ4v) is 2.97. The van der Waals surface area contributed by atoms with Crippen molar-refractivity contribution in [2.24, 2.45) is 0 Å². The molecule has 0 fully saturated rings. The summed E-state index contributed by atoms with van der Waals surface area (Å²) in [4.78, 5) is 11.8. The van der Waals surface area contributed by atoms with E-state index < -0.39 is 15.0 Å². The molecule has 0 aliphatic rings. The zero-order chi connectivity index (χ0) is 18.2. The van der Waals surface area contributed by atoms with Crippen LogP contribution in [0.25, 0.3) is 10.8 Å². The third-order valence-electron chi connectivity index (χ3n) is 3.61. The van der Waals surface area contributed by atoms with Crippen LogP contribution in [0.5, 0.6) is 5.75 Å². The maximum Gasteiger partial charge on any atom is 0.294 e. The van der Waals surface area contributed by atoms with Crippen LogP contribution < -0.4 is 11.1 Å². The number of nitrogens with two attached hydrogens (primary N) is 1. The summed E-state index contributed by atoms with van der Waals surface area (Å²) in [5.74, 6) is -0.680. The number of benzene rings is 3. The summed E-state index contributed by atoms with van der Waals surface area (Å²) in [6, 6.07) is 13.2. The molecule has 7 nitrogen and oxygen atoms in total. The second kappa shape index (κ2) is 6.08. The summed E-state index contributed by atoms with van der Waals surface area (Å²) in [5.41, 5.74) is 6.87. The molecule has 0 spiro atoms. The van der Waals surface area contributed by atoms with E-state index in [0.29, 0.717) is 27.7 Å². The Morgan fingerprint density at radius 3 is 2.48 bits per heavy atom. The van der Waals surface area contributed by atoms with Crippen LogP contribution >= 0.6 is 0 Å². The van der Waals surface area contributed by atoms with Crippen LogP contribution in [0.2, 0.25) is 0 Å². The predicted octanol–water partition coefficient (Wildman–Crippen LogP) is 2.63. The monoisotopic (exact) mass is 358 g/mol. The molecule has 0 radical (unpaired) electrons. The van der Waals surface area contributed by atoms with Crippen molar-refractivity contribution < 1.29 is 22.9 Å². The quantitative estimate of drug-likeness (QED) is 0.421. The SMILES string of the molecule is Nc1cccc(C(=O)Nc2ccc3c(O)cc(S(=O)(=O)O)cc3c2)c1. The average molecular weight is 358 g/mol. The molecule has 0 bridgehead atoms. The lowest BCUT2D eigenvalue weighted by molar-refractivity contribution is 0.102. The molecule has 3 aromatic carbocycles. The number of aromatic hydroxyl groups is 1. The zero-order valence-corrected chi connectivity index (χ0v) is 13.6. The number of anilines is 2. The first-order valence-corrected chi connectivity index (χ1v) is 8.59. The van der Waals surface area contributed by atoms with Crippen molar-refractivity contribution in [3.8, 4) is 5.75 Å². The Kier molecular flexibility index (Phi) is 4.07. The molecule has 0 saturated heterocycles. The van der Waals surface area contributed by atoms with Crippen LogP contribution in [0, 0.1) is 0 Å². The highest BCUT2D eigenvalue weighted by atomic mass is 32.2. The lowest BCUT2D eigenvalue weighted by Crippen LogP contribution is -2.12. The van der Waals surface area contributed by atoms with E-state index in [9.17, 15) is 18.3 Å². The van der Waals surface area contributed by atoms with Gasteiger partial charge in [0.15, 0.2) is 0 Å². The standard InChI is InChI=1S/C17H14N2O5S/c18-12-3-1-2-10(6-12)17(21)19-13-4-5-15-11(7-13)8-14(9-16(15)20)25(22,23)24/h1-9,20H,18H2,(H,19,21)(H,22,23,24). The average Bonchev–Trinajstić information content (AvgIpc) is 2.53. The summed E-state index contributed by atoms with van der Waals surface area (Å²) >= 11 is 0. The van der Waals surface area contributed by atoms with Gasteiger partial charge in [-0.15, -0.1) is 0 Å². The van der Waals surface area contributed by atoms with Gasteiger partial charge in [-0.05, 0) is 47.9 Å². The van der Waals surface area contributed by atoms with Crippen LogP contribution in [-0.4, -0.2) is 24.0 Å². The number of fused-ring (bicyclic) bond motifs is 1. The lowest BCUT2D eigenvalue weighted by Gasteiger charge is -2.09. The second-order valence-corrected chi connectivity index (χ2v) is 6.85. The number of phenols is 1. The number of rotatable bonds is 3. The summed E-state index contributed by atoms with van der Waals surface area (Å²) in [5, 5.41) is 13.3. The molecule has 1 amide bonds. The maximum atomic E-state index is 12.2. The first kappa shape index (κ1) is 16.7. The molecule has 0 aliphatic heterocycles. The van der Waals surface area contributed by atoms with E-state index in [0.717, 1.165) is 6.07 Å². The highest BCUT2D eigenvalue weighted by Gasteiger charge is 2.14. The molecule has 3 rings (SSSR count). The van der Waals surface area contributed by atoms with Gasteiger partial charge in [0, 0.05) is 28.4 Å². The van der Waals surface area contributed by atoms with Gasteiger partial charge >= 0.3 is 0 Å². The summed E-state index contributed by atoms with van der Waals surface area (Å²) < 4.78 is 31.7. The van der Waals surface area contributed by atoms with Gasteiger partial charge in [-0.1, -0.05) is 6.07 Å². The van der Waals surface area contributed by atoms with Gasteiger partial charge < -0.3 is 16.2 Å². The Balaban J connectivity index is 1.99. The number of nitrogen functional groups attached to an aromatic ring is 1. The van der Waals surface area contributed by atoms with Gasteiger partial charge in [-0.25, -0.2) is 0 Å². The van der Waals surface area contributed by atoms with Crippen molar-refractivity contribution in [3.63, 3.8) is 0 Å². The van der Waals surface area contributed by atoms with E-state index in [1.54, 1.807) is 24.3 Å². The third kappa shape index (κ3) is 3.54. The first-order valence-electron chi connectivity index (χ1n) is 7.15. The number of nitrogens with one attached hydrogen (secondary N) is 1. The van der Waals surface area contributed by atoms with Gasteiger partial charge in [-0.3, -0.25) is 9.35 Å². The van der Waals surface area contributed by atoms with Crippen molar-refractivity contribution in [3.05, 3.63) is 60.2 Å². The molecule has 3 aromatic rings. The minimum absolute atomic E-state index is 0.293. The van der Waals surface area contributed by atoms with Crippen LogP contribution in [0.3, 0.4) is 0 Å². The molecule has 8 heteroatoms. The van der Waals surface area contributed by atoms with Crippen LogP contribution in [0.4, 0.5) is 11.4 Å². The molecular formula is C17H14N2O5S. The number of hydrogen-bond donors (Lipinski definition) is 4. The van der Waals surface area contributed by atoms with E-state index in [1.165, 1.54) is 24.3 Å². The number of carbonyl (C=O) groups excluding carboxylic acids is 1. The second-order valence-electron chi connectivity index (χ2n) is 5.43. The van der Waals surface area contributed by atoms with Gasteiger partial charge in [0.1, 0.15) is 5.75 Å². The maximum absolute atomic E-state index is 12.2.